The van der Waals surface area contributed by atoms with E-state index in [-0.39, 0.29) is 0 Å². The van der Waals surface area contributed by atoms with Gasteiger partial charge in [-0.15, -0.1) is 0 Å². The SMILES string of the molecule is COc1ccc2cc(C[NH+](C)Cc3ccccc3C#N)ccc2c1. The number of nitrogens with zero attached hydrogens (tertiary/aromatic N) is 1. The first-order chi connectivity index (χ1) is 11.7. The molecule has 1 unspecified atom stereocenters. The fourth-order valence-corrected chi connectivity index (χ4v) is 3.03. The van der Waals surface area contributed by atoms with Crippen LogP contribution in [0.1, 0.15) is 16.7 Å². The number of methoxy groups -OCH3 is 1. The van der Waals surface area contributed by atoms with Gasteiger partial charge in [0.15, 0.2) is 0 Å². The van der Waals surface area contributed by atoms with Crippen molar-refractivity contribution in [1.29, 1.82) is 5.26 Å². The molecule has 0 bridgehead atoms. The highest BCUT2D eigenvalue weighted by molar-refractivity contribution is 5.84. The molecule has 0 saturated carbocycles. The average Bonchev–Trinajstić information content (AvgIpc) is 2.61. The molecule has 3 heteroatoms. The molecule has 0 aliphatic rings. The predicted octanol–water partition coefficient (Wildman–Crippen LogP) is 2.93. The minimum Gasteiger partial charge on any atom is -0.497 e. The van der Waals surface area contributed by atoms with Gasteiger partial charge in [-0.05, 0) is 35.0 Å². The second kappa shape index (κ2) is 7.16. The van der Waals surface area contributed by atoms with Crippen LogP contribution in [0.5, 0.6) is 5.75 Å². The zero-order valence-corrected chi connectivity index (χ0v) is 14.0. The molecule has 0 heterocycles. The Kier molecular flexibility index (Phi) is 4.79. The van der Waals surface area contributed by atoms with E-state index in [0.29, 0.717) is 0 Å². The van der Waals surface area contributed by atoms with E-state index in [1.165, 1.54) is 21.2 Å². The van der Waals surface area contributed by atoms with E-state index >= 15 is 0 Å². The van der Waals surface area contributed by atoms with E-state index in [1.807, 2.05) is 30.3 Å². The van der Waals surface area contributed by atoms with Crippen molar-refractivity contribution in [2.45, 2.75) is 13.1 Å². The number of hydrogen-bond donors (Lipinski definition) is 1. The highest BCUT2D eigenvalue weighted by atomic mass is 16.5. The van der Waals surface area contributed by atoms with Crippen LogP contribution in [0.4, 0.5) is 0 Å². The number of rotatable bonds is 5. The number of quaternary nitrogens is 1. The van der Waals surface area contributed by atoms with Gasteiger partial charge < -0.3 is 9.64 Å². The smallest absolute Gasteiger partial charge is 0.119 e. The van der Waals surface area contributed by atoms with Crippen molar-refractivity contribution in [2.75, 3.05) is 14.2 Å². The molecule has 1 atom stereocenters. The van der Waals surface area contributed by atoms with E-state index < -0.39 is 0 Å². The highest BCUT2D eigenvalue weighted by Gasteiger charge is 2.09. The molecular weight excluding hydrogens is 296 g/mol. The van der Waals surface area contributed by atoms with Crippen LogP contribution >= 0.6 is 0 Å². The maximum atomic E-state index is 9.21. The minimum absolute atomic E-state index is 0.766. The molecule has 1 N–H and O–H groups in total. The molecule has 0 amide bonds. The molecule has 120 valence electrons. The maximum Gasteiger partial charge on any atom is 0.119 e. The van der Waals surface area contributed by atoms with Crippen LogP contribution in [0.2, 0.25) is 0 Å². The molecule has 0 radical (unpaired) electrons. The first-order valence-electron chi connectivity index (χ1n) is 8.05. The Hall–Kier alpha value is -2.83. The topological polar surface area (TPSA) is 37.5 Å². The van der Waals surface area contributed by atoms with Crippen LogP contribution < -0.4 is 9.64 Å². The van der Waals surface area contributed by atoms with Crippen molar-refractivity contribution in [2.24, 2.45) is 0 Å². The van der Waals surface area contributed by atoms with Crippen LogP contribution in [0.25, 0.3) is 10.8 Å². The Labute approximate surface area is 142 Å². The number of benzene rings is 3. The summed E-state index contributed by atoms with van der Waals surface area (Å²) in [5, 5.41) is 11.6. The van der Waals surface area contributed by atoms with Gasteiger partial charge in [-0.1, -0.05) is 36.4 Å². The maximum absolute atomic E-state index is 9.21. The lowest BCUT2D eigenvalue weighted by Crippen LogP contribution is -3.06. The van der Waals surface area contributed by atoms with Crippen LogP contribution in [0.3, 0.4) is 0 Å². The summed E-state index contributed by atoms with van der Waals surface area (Å²) in [4.78, 5) is 1.35. The molecule has 0 aliphatic carbocycles. The molecule has 3 nitrogen and oxygen atoms in total. The largest absolute Gasteiger partial charge is 0.497 e. The molecule has 3 aromatic rings. The quantitative estimate of drug-likeness (QED) is 0.785. The molecule has 0 spiro atoms. The van der Waals surface area contributed by atoms with Gasteiger partial charge in [0.25, 0.3) is 0 Å². The Morgan fingerprint density at radius 3 is 2.50 bits per heavy atom. The van der Waals surface area contributed by atoms with Gasteiger partial charge in [0.1, 0.15) is 18.8 Å². The highest BCUT2D eigenvalue weighted by Crippen LogP contribution is 2.21. The van der Waals surface area contributed by atoms with Gasteiger partial charge in [-0.2, -0.15) is 5.26 Å². The summed E-state index contributed by atoms with van der Waals surface area (Å²) >= 11 is 0. The fourth-order valence-electron chi connectivity index (χ4n) is 3.03. The lowest BCUT2D eigenvalue weighted by atomic mass is 10.1. The summed E-state index contributed by atoms with van der Waals surface area (Å²) in [5.74, 6) is 0.881. The zero-order valence-electron chi connectivity index (χ0n) is 14.0. The number of hydrogen-bond acceptors (Lipinski definition) is 2. The Morgan fingerprint density at radius 2 is 1.71 bits per heavy atom. The fraction of sp³-hybridized carbons (Fsp3) is 0.190. The third-order valence-corrected chi connectivity index (χ3v) is 4.25. The zero-order chi connectivity index (χ0) is 16.9. The van der Waals surface area contributed by atoms with Crippen molar-refractivity contribution in [3.8, 4) is 11.8 Å². The van der Waals surface area contributed by atoms with Gasteiger partial charge >= 0.3 is 0 Å². The molecular formula is C21H21N2O+. The van der Waals surface area contributed by atoms with Crippen LogP contribution in [0, 0.1) is 11.3 Å². The Bertz CT molecular complexity index is 896. The van der Waals surface area contributed by atoms with E-state index in [1.54, 1.807) is 7.11 Å². The molecule has 3 rings (SSSR count). The molecule has 0 saturated heterocycles. The van der Waals surface area contributed by atoms with Gasteiger partial charge in [-0.25, -0.2) is 0 Å². The summed E-state index contributed by atoms with van der Waals surface area (Å²) < 4.78 is 5.27. The van der Waals surface area contributed by atoms with Crippen molar-refractivity contribution in [3.05, 3.63) is 77.4 Å². The molecule has 0 aromatic heterocycles. The number of nitriles is 1. The van der Waals surface area contributed by atoms with E-state index in [0.717, 1.165) is 30.0 Å². The molecule has 0 aliphatic heterocycles. The van der Waals surface area contributed by atoms with E-state index in [2.05, 4.69) is 43.4 Å². The monoisotopic (exact) mass is 317 g/mol. The molecule has 3 aromatic carbocycles. The third kappa shape index (κ3) is 3.56. The number of nitrogens with one attached hydrogen (secondary N) is 1. The van der Waals surface area contributed by atoms with Gasteiger partial charge in [0.2, 0.25) is 0 Å². The first kappa shape index (κ1) is 16.0. The normalized spacial score (nSPS) is 11.9. The Balaban J connectivity index is 1.75. The van der Waals surface area contributed by atoms with Crippen molar-refractivity contribution in [1.82, 2.24) is 0 Å². The van der Waals surface area contributed by atoms with Gasteiger partial charge in [0, 0.05) is 11.1 Å². The molecule has 0 fully saturated rings. The summed E-state index contributed by atoms with van der Waals surface area (Å²) in [6.45, 7) is 1.76. The third-order valence-electron chi connectivity index (χ3n) is 4.25. The number of fused-ring (bicyclic) bond motifs is 1. The van der Waals surface area contributed by atoms with Gasteiger partial charge in [0.05, 0.1) is 25.8 Å². The average molecular weight is 317 g/mol. The summed E-state index contributed by atoms with van der Waals surface area (Å²) in [5.41, 5.74) is 3.16. The number of ether oxygens (including phenoxy) is 1. The van der Waals surface area contributed by atoms with Crippen LogP contribution in [0.15, 0.2) is 60.7 Å². The predicted molar refractivity (Wildman–Crippen MR) is 96.0 cm³/mol. The van der Waals surface area contributed by atoms with Crippen molar-refractivity contribution >= 4 is 10.8 Å². The minimum atomic E-state index is 0.766. The summed E-state index contributed by atoms with van der Waals surface area (Å²) in [6.07, 6.45) is 0. The van der Waals surface area contributed by atoms with Gasteiger partial charge in [-0.3, -0.25) is 0 Å². The van der Waals surface area contributed by atoms with Crippen molar-refractivity contribution < 1.29 is 9.64 Å². The summed E-state index contributed by atoms with van der Waals surface area (Å²) in [6, 6.07) is 22.8. The lowest BCUT2D eigenvalue weighted by molar-refractivity contribution is -0.907. The molecule has 24 heavy (non-hydrogen) atoms. The second-order valence-electron chi connectivity index (χ2n) is 6.13. The van der Waals surface area contributed by atoms with Crippen LogP contribution in [-0.2, 0) is 13.1 Å². The summed E-state index contributed by atoms with van der Waals surface area (Å²) in [7, 11) is 3.85. The van der Waals surface area contributed by atoms with Crippen LogP contribution in [-0.4, -0.2) is 14.2 Å². The standard InChI is InChI=1S/C21H20N2O/c1-23(15-20-6-4-3-5-19(20)13-22)14-16-7-8-18-12-21(24-2)10-9-17(18)11-16/h3-12H,14-15H2,1-2H3/p+1. The van der Waals surface area contributed by atoms with E-state index in [9.17, 15) is 5.26 Å². The lowest BCUT2D eigenvalue weighted by Gasteiger charge is -2.15. The second-order valence-corrected chi connectivity index (χ2v) is 6.13. The van der Waals surface area contributed by atoms with Crippen molar-refractivity contribution in [3.63, 3.8) is 0 Å². The first-order valence-corrected chi connectivity index (χ1v) is 8.05. The van der Waals surface area contributed by atoms with E-state index in [4.69, 9.17) is 4.74 Å². The Morgan fingerprint density at radius 1 is 0.958 bits per heavy atom.